The minimum atomic E-state index is -0.477. The summed E-state index contributed by atoms with van der Waals surface area (Å²) in [4.78, 5) is 21.9. The number of nitrogens with two attached hydrogens (primary N) is 1. The molecule has 0 radical (unpaired) electrons. The number of carbonyl (C=O) groups excluding carboxylic acids is 2. The van der Waals surface area contributed by atoms with Crippen LogP contribution in [-0.4, -0.2) is 36.7 Å². The van der Waals surface area contributed by atoms with E-state index in [2.05, 4.69) is 10.6 Å². The Hall–Kier alpha value is -1.30. The van der Waals surface area contributed by atoms with Crippen LogP contribution in [0.25, 0.3) is 0 Å². The lowest BCUT2D eigenvalue weighted by atomic mass is 10.2. The lowest BCUT2D eigenvalue weighted by molar-refractivity contribution is -0.118. The summed E-state index contributed by atoms with van der Waals surface area (Å²) in [5, 5.41) is 5.95. The Bertz CT molecular complexity index is 287. The van der Waals surface area contributed by atoms with Crippen LogP contribution in [0.4, 0.5) is 4.79 Å². The van der Waals surface area contributed by atoms with Crippen molar-refractivity contribution in [2.75, 3.05) is 13.1 Å². The summed E-state index contributed by atoms with van der Waals surface area (Å²) in [6.45, 7) is 8.76. The van der Waals surface area contributed by atoms with E-state index in [1.807, 2.05) is 27.7 Å². The van der Waals surface area contributed by atoms with Crippen molar-refractivity contribution in [3.8, 4) is 0 Å². The van der Waals surface area contributed by atoms with E-state index >= 15 is 0 Å². The second-order valence-corrected chi connectivity index (χ2v) is 5.66. The van der Waals surface area contributed by atoms with Gasteiger partial charge in [-0.25, -0.2) is 4.79 Å². The van der Waals surface area contributed by atoms with Crippen LogP contribution in [-0.2, 0) is 9.53 Å². The van der Waals surface area contributed by atoms with E-state index in [0.29, 0.717) is 13.0 Å². The standard InChI is InChI=1S/C13H27N3O3/c1-10(15-8-6-5-7-11(14)17)9-16-12(18)19-13(2,3)4/h10,15H,5-9H2,1-4H3,(H2,14,17)(H,16,18). The van der Waals surface area contributed by atoms with Gasteiger partial charge in [0.05, 0.1) is 0 Å². The molecule has 0 rings (SSSR count). The van der Waals surface area contributed by atoms with Gasteiger partial charge in [0, 0.05) is 19.0 Å². The third-order valence-electron chi connectivity index (χ3n) is 2.29. The van der Waals surface area contributed by atoms with Gasteiger partial charge < -0.3 is 21.1 Å². The average Bonchev–Trinajstić information content (AvgIpc) is 2.23. The molecule has 1 atom stereocenters. The molecular weight excluding hydrogens is 246 g/mol. The van der Waals surface area contributed by atoms with Gasteiger partial charge in [-0.15, -0.1) is 0 Å². The molecule has 0 aliphatic heterocycles. The molecule has 0 bridgehead atoms. The molecule has 19 heavy (non-hydrogen) atoms. The van der Waals surface area contributed by atoms with Gasteiger partial charge in [-0.05, 0) is 47.1 Å². The van der Waals surface area contributed by atoms with Gasteiger partial charge in [0.15, 0.2) is 0 Å². The van der Waals surface area contributed by atoms with Gasteiger partial charge in [0.25, 0.3) is 0 Å². The third kappa shape index (κ3) is 12.9. The lowest BCUT2D eigenvalue weighted by Crippen LogP contribution is -2.41. The number of nitrogens with one attached hydrogen (secondary N) is 2. The summed E-state index contributed by atoms with van der Waals surface area (Å²) in [5.74, 6) is -0.264. The fourth-order valence-corrected chi connectivity index (χ4v) is 1.40. The highest BCUT2D eigenvalue weighted by Crippen LogP contribution is 2.06. The maximum absolute atomic E-state index is 11.4. The van der Waals surface area contributed by atoms with Crippen molar-refractivity contribution in [3.63, 3.8) is 0 Å². The van der Waals surface area contributed by atoms with Crippen molar-refractivity contribution < 1.29 is 14.3 Å². The summed E-state index contributed by atoms with van der Waals surface area (Å²) in [6.07, 6.45) is 1.69. The number of hydrogen-bond acceptors (Lipinski definition) is 4. The molecule has 0 aromatic carbocycles. The molecule has 0 fully saturated rings. The molecular formula is C13H27N3O3. The molecule has 0 saturated carbocycles. The first-order valence-electron chi connectivity index (χ1n) is 6.69. The highest BCUT2D eigenvalue weighted by molar-refractivity contribution is 5.73. The van der Waals surface area contributed by atoms with E-state index in [9.17, 15) is 9.59 Å². The fraction of sp³-hybridized carbons (Fsp3) is 0.846. The van der Waals surface area contributed by atoms with Crippen LogP contribution < -0.4 is 16.4 Å². The maximum Gasteiger partial charge on any atom is 0.407 e. The number of carbonyl (C=O) groups is 2. The molecule has 1 unspecified atom stereocenters. The molecule has 4 N–H and O–H groups in total. The van der Waals surface area contributed by atoms with E-state index in [4.69, 9.17) is 10.5 Å². The largest absolute Gasteiger partial charge is 0.444 e. The predicted octanol–water partition coefficient (Wildman–Crippen LogP) is 1.14. The van der Waals surface area contributed by atoms with Gasteiger partial charge in [-0.3, -0.25) is 4.79 Å². The summed E-state index contributed by atoms with van der Waals surface area (Å²) in [6, 6.07) is 0.154. The third-order valence-corrected chi connectivity index (χ3v) is 2.29. The van der Waals surface area contributed by atoms with E-state index < -0.39 is 11.7 Å². The van der Waals surface area contributed by atoms with Crippen molar-refractivity contribution in [1.82, 2.24) is 10.6 Å². The quantitative estimate of drug-likeness (QED) is 0.578. The van der Waals surface area contributed by atoms with Crippen molar-refractivity contribution in [2.45, 2.75) is 58.6 Å². The Balaban J connectivity index is 3.56. The van der Waals surface area contributed by atoms with Crippen molar-refractivity contribution >= 4 is 12.0 Å². The van der Waals surface area contributed by atoms with Crippen molar-refractivity contribution in [2.24, 2.45) is 5.73 Å². The first-order chi connectivity index (χ1) is 8.70. The molecule has 0 saturated heterocycles. The monoisotopic (exact) mass is 273 g/mol. The number of ether oxygens (including phenoxy) is 1. The molecule has 0 heterocycles. The van der Waals surface area contributed by atoms with Crippen LogP contribution in [0.2, 0.25) is 0 Å². The van der Waals surface area contributed by atoms with E-state index in [1.54, 1.807) is 0 Å². The zero-order valence-corrected chi connectivity index (χ0v) is 12.4. The number of unbranched alkanes of at least 4 members (excludes halogenated alkanes) is 1. The molecule has 0 aliphatic carbocycles. The van der Waals surface area contributed by atoms with Crippen LogP contribution in [0, 0.1) is 0 Å². The van der Waals surface area contributed by atoms with Gasteiger partial charge >= 0.3 is 6.09 Å². The maximum atomic E-state index is 11.4. The SMILES string of the molecule is CC(CNC(=O)OC(C)(C)C)NCCCCC(N)=O. The minimum absolute atomic E-state index is 0.154. The van der Waals surface area contributed by atoms with Crippen LogP contribution in [0.15, 0.2) is 0 Å². The van der Waals surface area contributed by atoms with Gasteiger partial charge in [0.2, 0.25) is 5.91 Å². The highest BCUT2D eigenvalue weighted by Gasteiger charge is 2.16. The number of hydrogen-bond donors (Lipinski definition) is 3. The number of rotatable bonds is 8. The number of primary amides is 1. The van der Waals surface area contributed by atoms with Crippen molar-refractivity contribution in [3.05, 3.63) is 0 Å². The van der Waals surface area contributed by atoms with Crippen LogP contribution in [0.3, 0.4) is 0 Å². The predicted molar refractivity (Wildman–Crippen MR) is 74.7 cm³/mol. The van der Waals surface area contributed by atoms with Crippen LogP contribution >= 0.6 is 0 Å². The second kappa shape index (κ2) is 8.74. The summed E-state index contributed by atoms with van der Waals surface area (Å²) < 4.78 is 5.13. The Morgan fingerprint density at radius 1 is 1.26 bits per heavy atom. The molecule has 0 aliphatic rings. The van der Waals surface area contributed by atoms with E-state index in [-0.39, 0.29) is 11.9 Å². The van der Waals surface area contributed by atoms with E-state index in [1.165, 1.54) is 0 Å². The normalized spacial score (nSPS) is 12.8. The van der Waals surface area contributed by atoms with Gasteiger partial charge in [-0.2, -0.15) is 0 Å². The Morgan fingerprint density at radius 3 is 2.42 bits per heavy atom. The molecule has 112 valence electrons. The van der Waals surface area contributed by atoms with Gasteiger partial charge in [-0.1, -0.05) is 0 Å². The number of alkyl carbamates (subject to hydrolysis) is 1. The van der Waals surface area contributed by atoms with Crippen LogP contribution in [0.5, 0.6) is 0 Å². The molecule has 0 aromatic rings. The Kier molecular flexibility index (Phi) is 8.14. The lowest BCUT2D eigenvalue weighted by Gasteiger charge is -2.21. The minimum Gasteiger partial charge on any atom is -0.444 e. The van der Waals surface area contributed by atoms with Crippen LogP contribution in [0.1, 0.15) is 47.0 Å². The zero-order valence-electron chi connectivity index (χ0n) is 12.4. The smallest absolute Gasteiger partial charge is 0.407 e. The molecule has 0 spiro atoms. The number of amides is 2. The highest BCUT2D eigenvalue weighted by atomic mass is 16.6. The topological polar surface area (TPSA) is 93.4 Å². The molecule has 2 amide bonds. The fourth-order valence-electron chi connectivity index (χ4n) is 1.40. The first kappa shape index (κ1) is 17.7. The summed E-state index contributed by atoms with van der Waals surface area (Å²) in [7, 11) is 0. The molecule has 6 nitrogen and oxygen atoms in total. The Morgan fingerprint density at radius 2 is 1.89 bits per heavy atom. The summed E-state index contributed by atoms with van der Waals surface area (Å²) in [5.41, 5.74) is 4.57. The zero-order chi connectivity index (χ0) is 14.9. The average molecular weight is 273 g/mol. The van der Waals surface area contributed by atoms with Gasteiger partial charge in [0.1, 0.15) is 5.60 Å². The van der Waals surface area contributed by atoms with E-state index in [0.717, 1.165) is 19.4 Å². The molecule has 0 aromatic heterocycles. The Labute approximate surface area is 115 Å². The van der Waals surface area contributed by atoms with Crippen molar-refractivity contribution in [1.29, 1.82) is 0 Å². The summed E-state index contributed by atoms with van der Waals surface area (Å²) >= 11 is 0. The first-order valence-corrected chi connectivity index (χ1v) is 6.69. The second-order valence-electron chi connectivity index (χ2n) is 5.66. The molecule has 6 heteroatoms.